The molecule has 21 heavy (non-hydrogen) atoms. The maximum absolute atomic E-state index is 14.0. The first-order chi connectivity index (χ1) is 9.93. The van der Waals surface area contributed by atoms with E-state index in [0.717, 1.165) is 12.8 Å². The van der Waals surface area contributed by atoms with Crippen LogP contribution in [-0.4, -0.2) is 31.5 Å². The molecule has 0 amide bonds. The molecule has 1 N–H and O–H groups in total. The number of aromatic nitrogens is 1. The molecule has 4 nitrogen and oxygen atoms in total. The van der Waals surface area contributed by atoms with Crippen molar-refractivity contribution in [1.29, 1.82) is 0 Å². The third-order valence-electron chi connectivity index (χ3n) is 4.31. The zero-order valence-corrected chi connectivity index (χ0v) is 13.4. The predicted octanol–water partition coefficient (Wildman–Crippen LogP) is 2.47. The van der Waals surface area contributed by atoms with Gasteiger partial charge in [0.25, 0.3) is 0 Å². The third kappa shape index (κ3) is 4.01. The Kier molecular flexibility index (Phi) is 5.32. The Balaban J connectivity index is 2.24. The third-order valence-corrected chi connectivity index (χ3v) is 5.95. The zero-order chi connectivity index (χ0) is 15.5. The molecular weight excluding hydrogens is 291 g/mol. The Hall–Kier alpha value is -1.01. The van der Waals surface area contributed by atoms with E-state index in [1.165, 1.54) is 12.5 Å². The second-order valence-electron chi connectivity index (χ2n) is 5.81. The highest BCUT2D eigenvalue weighted by Crippen LogP contribution is 2.37. The van der Waals surface area contributed by atoms with Crippen molar-refractivity contribution in [1.82, 2.24) is 10.3 Å². The van der Waals surface area contributed by atoms with E-state index >= 15 is 0 Å². The van der Waals surface area contributed by atoms with Gasteiger partial charge in [0.2, 0.25) is 0 Å². The number of rotatable bonds is 5. The van der Waals surface area contributed by atoms with Gasteiger partial charge in [-0.3, -0.25) is 4.98 Å². The molecule has 0 saturated heterocycles. The number of halogens is 1. The van der Waals surface area contributed by atoms with Gasteiger partial charge in [0, 0.05) is 24.1 Å². The van der Waals surface area contributed by atoms with Gasteiger partial charge >= 0.3 is 0 Å². The fraction of sp³-hybridized carbons (Fsp3) is 0.667. The quantitative estimate of drug-likeness (QED) is 0.907. The molecule has 0 radical (unpaired) electrons. The number of hydrogen-bond donors (Lipinski definition) is 1. The van der Waals surface area contributed by atoms with Crippen LogP contribution in [0.2, 0.25) is 0 Å². The standard InChI is InChI=1S/C15H23FN2O2S/c1-3-18-15(13-7-8-17-10-14(13)16)11-5-4-6-12(9-11)21(2,19)20/h7-8,10-12,15,18H,3-6,9H2,1-2H3. The number of nitrogens with zero attached hydrogens (tertiary/aromatic N) is 1. The molecular formula is C15H23FN2O2S. The summed E-state index contributed by atoms with van der Waals surface area (Å²) in [4.78, 5) is 3.79. The lowest BCUT2D eigenvalue weighted by atomic mass is 9.81. The fourth-order valence-corrected chi connectivity index (χ4v) is 4.45. The molecule has 1 fully saturated rings. The maximum Gasteiger partial charge on any atom is 0.150 e. The molecule has 1 aliphatic carbocycles. The van der Waals surface area contributed by atoms with Gasteiger partial charge in [-0.2, -0.15) is 0 Å². The van der Waals surface area contributed by atoms with E-state index < -0.39 is 9.84 Å². The van der Waals surface area contributed by atoms with Gasteiger partial charge in [0.05, 0.1) is 11.4 Å². The van der Waals surface area contributed by atoms with Gasteiger partial charge in [0.1, 0.15) is 15.7 Å². The van der Waals surface area contributed by atoms with Crippen LogP contribution in [-0.2, 0) is 9.84 Å². The SMILES string of the molecule is CCNC(c1ccncc1F)C1CCCC(S(C)(=O)=O)C1. The van der Waals surface area contributed by atoms with Crippen LogP contribution in [0.5, 0.6) is 0 Å². The van der Waals surface area contributed by atoms with Crippen LogP contribution in [0.4, 0.5) is 4.39 Å². The Bertz CT molecular complexity index is 577. The highest BCUT2D eigenvalue weighted by atomic mass is 32.2. The second-order valence-corrected chi connectivity index (χ2v) is 8.14. The Morgan fingerprint density at radius 1 is 1.48 bits per heavy atom. The van der Waals surface area contributed by atoms with E-state index in [-0.39, 0.29) is 23.0 Å². The number of pyridine rings is 1. The largest absolute Gasteiger partial charge is 0.310 e. The normalized spacial score (nSPS) is 24.7. The summed E-state index contributed by atoms with van der Waals surface area (Å²) in [5, 5.41) is 3.02. The van der Waals surface area contributed by atoms with E-state index in [9.17, 15) is 12.8 Å². The second kappa shape index (κ2) is 6.83. The summed E-state index contributed by atoms with van der Waals surface area (Å²) < 4.78 is 37.7. The minimum Gasteiger partial charge on any atom is -0.310 e. The average molecular weight is 314 g/mol. The first-order valence-electron chi connectivity index (χ1n) is 7.45. The Morgan fingerprint density at radius 3 is 2.86 bits per heavy atom. The molecule has 1 heterocycles. The summed E-state index contributed by atoms with van der Waals surface area (Å²) in [6.07, 6.45) is 7.21. The topological polar surface area (TPSA) is 59.1 Å². The van der Waals surface area contributed by atoms with E-state index in [2.05, 4.69) is 10.3 Å². The van der Waals surface area contributed by atoms with Gasteiger partial charge in [0.15, 0.2) is 0 Å². The first kappa shape index (κ1) is 16.4. The molecule has 1 saturated carbocycles. The van der Waals surface area contributed by atoms with Crippen molar-refractivity contribution in [3.8, 4) is 0 Å². The van der Waals surface area contributed by atoms with Crippen LogP contribution in [0, 0.1) is 11.7 Å². The summed E-state index contributed by atoms with van der Waals surface area (Å²) in [5.74, 6) is -0.194. The highest BCUT2D eigenvalue weighted by molar-refractivity contribution is 7.91. The van der Waals surface area contributed by atoms with Crippen molar-refractivity contribution in [2.24, 2.45) is 5.92 Å². The van der Waals surface area contributed by atoms with Crippen molar-refractivity contribution in [2.75, 3.05) is 12.8 Å². The van der Waals surface area contributed by atoms with E-state index in [0.29, 0.717) is 24.9 Å². The predicted molar refractivity (Wildman–Crippen MR) is 81.2 cm³/mol. The van der Waals surface area contributed by atoms with E-state index in [1.807, 2.05) is 6.92 Å². The van der Waals surface area contributed by atoms with Crippen LogP contribution in [0.3, 0.4) is 0 Å². The molecule has 1 aliphatic rings. The lowest BCUT2D eigenvalue weighted by molar-refractivity contribution is 0.270. The maximum atomic E-state index is 14.0. The molecule has 3 unspecified atom stereocenters. The van der Waals surface area contributed by atoms with Crippen LogP contribution < -0.4 is 5.32 Å². The van der Waals surface area contributed by atoms with Crippen molar-refractivity contribution in [2.45, 2.75) is 43.9 Å². The molecule has 3 atom stereocenters. The van der Waals surface area contributed by atoms with Crippen molar-refractivity contribution < 1.29 is 12.8 Å². The molecule has 0 aliphatic heterocycles. The van der Waals surface area contributed by atoms with Gasteiger partial charge in [-0.25, -0.2) is 12.8 Å². The number of sulfone groups is 1. The molecule has 0 bridgehead atoms. The molecule has 118 valence electrons. The van der Waals surface area contributed by atoms with Gasteiger partial charge in [-0.15, -0.1) is 0 Å². The summed E-state index contributed by atoms with van der Waals surface area (Å²) in [7, 11) is -3.03. The molecule has 0 spiro atoms. The van der Waals surface area contributed by atoms with Crippen molar-refractivity contribution in [3.05, 3.63) is 29.8 Å². The first-order valence-corrected chi connectivity index (χ1v) is 9.40. The summed E-state index contributed by atoms with van der Waals surface area (Å²) >= 11 is 0. The lowest BCUT2D eigenvalue weighted by Crippen LogP contribution is -2.36. The summed E-state index contributed by atoms with van der Waals surface area (Å²) in [5.41, 5.74) is 0.589. The molecule has 1 aromatic heterocycles. The number of hydrogen-bond acceptors (Lipinski definition) is 4. The molecule has 1 aromatic rings. The molecule has 6 heteroatoms. The van der Waals surface area contributed by atoms with Crippen LogP contribution in [0.25, 0.3) is 0 Å². The lowest BCUT2D eigenvalue weighted by Gasteiger charge is -2.34. The molecule has 0 aromatic carbocycles. The summed E-state index contributed by atoms with van der Waals surface area (Å²) in [6, 6.07) is 1.54. The number of nitrogens with one attached hydrogen (secondary N) is 1. The average Bonchev–Trinajstić information content (AvgIpc) is 2.45. The van der Waals surface area contributed by atoms with Crippen molar-refractivity contribution in [3.63, 3.8) is 0 Å². The Labute approximate surface area is 126 Å². The van der Waals surface area contributed by atoms with Gasteiger partial charge < -0.3 is 5.32 Å². The smallest absolute Gasteiger partial charge is 0.150 e. The molecule has 2 rings (SSSR count). The van der Waals surface area contributed by atoms with Gasteiger partial charge in [-0.1, -0.05) is 13.3 Å². The minimum atomic E-state index is -3.03. The van der Waals surface area contributed by atoms with Crippen LogP contribution >= 0.6 is 0 Å². The fourth-order valence-electron chi connectivity index (χ4n) is 3.26. The van der Waals surface area contributed by atoms with Crippen molar-refractivity contribution >= 4 is 9.84 Å². The Morgan fingerprint density at radius 2 is 2.24 bits per heavy atom. The van der Waals surface area contributed by atoms with Gasteiger partial charge in [-0.05, 0) is 37.8 Å². The van der Waals surface area contributed by atoms with E-state index in [1.54, 1.807) is 12.3 Å². The van der Waals surface area contributed by atoms with E-state index in [4.69, 9.17) is 0 Å². The zero-order valence-electron chi connectivity index (χ0n) is 12.5. The van der Waals surface area contributed by atoms with Crippen LogP contribution in [0.15, 0.2) is 18.5 Å². The minimum absolute atomic E-state index is 0.135. The highest BCUT2D eigenvalue weighted by Gasteiger charge is 2.34. The summed E-state index contributed by atoms with van der Waals surface area (Å²) in [6.45, 7) is 2.69. The monoisotopic (exact) mass is 314 g/mol. The van der Waals surface area contributed by atoms with Crippen LogP contribution in [0.1, 0.15) is 44.2 Å².